The van der Waals surface area contributed by atoms with Crippen LogP contribution in [0.2, 0.25) is 0 Å². The Kier molecular flexibility index (Phi) is 3.24. The van der Waals surface area contributed by atoms with Gasteiger partial charge in [-0.15, -0.1) is 0 Å². The van der Waals surface area contributed by atoms with Gasteiger partial charge in [-0.25, -0.2) is 4.98 Å². The van der Waals surface area contributed by atoms with E-state index in [1.54, 1.807) is 11.8 Å². The van der Waals surface area contributed by atoms with Gasteiger partial charge in [-0.05, 0) is 18.6 Å². The van der Waals surface area contributed by atoms with Gasteiger partial charge in [0.15, 0.2) is 0 Å². The number of rotatable bonds is 1. The molecule has 1 aliphatic rings. The van der Waals surface area contributed by atoms with Crippen molar-refractivity contribution < 1.29 is 17.9 Å². The van der Waals surface area contributed by atoms with Crippen molar-refractivity contribution in [3.8, 4) is 0 Å². The van der Waals surface area contributed by atoms with E-state index in [2.05, 4.69) is 4.98 Å². The minimum Gasteiger partial charge on any atom is -0.378 e. The van der Waals surface area contributed by atoms with Gasteiger partial charge in [0.1, 0.15) is 5.82 Å². The molecule has 1 saturated heterocycles. The van der Waals surface area contributed by atoms with Crippen molar-refractivity contribution in [3.63, 3.8) is 0 Å². The van der Waals surface area contributed by atoms with Crippen LogP contribution in [0.3, 0.4) is 0 Å². The van der Waals surface area contributed by atoms with Crippen molar-refractivity contribution in [3.05, 3.63) is 23.4 Å². The largest absolute Gasteiger partial charge is 0.419 e. The highest BCUT2D eigenvalue weighted by atomic mass is 19.4. The molecule has 1 fully saturated rings. The molecule has 0 bridgehead atoms. The van der Waals surface area contributed by atoms with Gasteiger partial charge in [0.2, 0.25) is 0 Å². The van der Waals surface area contributed by atoms with Crippen LogP contribution in [0, 0.1) is 6.92 Å². The molecule has 0 atom stereocenters. The van der Waals surface area contributed by atoms with Crippen LogP contribution >= 0.6 is 0 Å². The molecule has 0 radical (unpaired) electrons. The van der Waals surface area contributed by atoms with Crippen LogP contribution in [0.4, 0.5) is 19.0 Å². The molecule has 0 N–H and O–H groups in total. The van der Waals surface area contributed by atoms with Crippen molar-refractivity contribution in [2.45, 2.75) is 13.1 Å². The molecule has 1 aromatic rings. The molecule has 1 aliphatic heterocycles. The fourth-order valence-corrected chi connectivity index (χ4v) is 1.80. The Hall–Kier alpha value is -1.30. The van der Waals surface area contributed by atoms with Gasteiger partial charge in [-0.3, -0.25) is 0 Å². The number of aromatic nitrogens is 1. The van der Waals surface area contributed by atoms with Crippen LogP contribution < -0.4 is 4.90 Å². The van der Waals surface area contributed by atoms with Crippen molar-refractivity contribution in [2.75, 3.05) is 31.2 Å². The summed E-state index contributed by atoms with van der Waals surface area (Å²) in [6.45, 7) is 3.36. The maximum absolute atomic E-state index is 12.9. The molecule has 6 heteroatoms. The number of halogens is 3. The molecule has 0 amide bonds. The number of alkyl halides is 3. The lowest BCUT2D eigenvalue weighted by Gasteiger charge is -2.29. The molecule has 2 rings (SSSR count). The Balaban J connectivity index is 2.38. The maximum atomic E-state index is 12.9. The molecular weight excluding hydrogens is 233 g/mol. The molecule has 0 spiro atoms. The van der Waals surface area contributed by atoms with E-state index in [1.807, 2.05) is 0 Å². The first-order valence-electron chi connectivity index (χ1n) is 5.35. The molecule has 94 valence electrons. The smallest absolute Gasteiger partial charge is 0.378 e. The first-order valence-corrected chi connectivity index (χ1v) is 5.35. The summed E-state index contributed by atoms with van der Waals surface area (Å²) >= 11 is 0. The van der Waals surface area contributed by atoms with Crippen LogP contribution in [-0.2, 0) is 10.9 Å². The second kappa shape index (κ2) is 4.52. The van der Waals surface area contributed by atoms with E-state index >= 15 is 0 Å². The Labute approximate surface area is 97.2 Å². The number of hydrogen-bond acceptors (Lipinski definition) is 3. The normalized spacial score (nSPS) is 17.3. The van der Waals surface area contributed by atoms with Gasteiger partial charge in [-0.2, -0.15) is 13.2 Å². The summed E-state index contributed by atoms with van der Waals surface area (Å²) < 4.78 is 43.8. The van der Waals surface area contributed by atoms with Gasteiger partial charge < -0.3 is 9.64 Å². The first-order chi connectivity index (χ1) is 7.98. The monoisotopic (exact) mass is 246 g/mol. The average Bonchev–Trinajstić information content (AvgIpc) is 2.29. The van der Waals surface area contributed by atoms with Gasteiger partial charge in [0.25, 0.3) is 0 Å². The highest BCUT2D eigenvalue weighted by Gasteiger charge is 2.36. The van der Waals surface area contributed by atoms with E-state index in [-0.39, 0.29) is 5.82 Å². The van der Waals surface area contributed by atoms with E-state index in [9.17, 15) is 13.2 Å². The fraction of sp³-hybridized carbons (Fsp3) is 0.545. The molecule has 2 heterocycles. The molecular formula is C11H13F3N2O. The second-order valence-corrected chi connectivity index (χ2v) is 3.98. The number of morpholine rings is 1. The first kappa shape index (κ1) is 12.2. The van der Waals surface area contributed by atoms with Crippen LogP contribution in [0.25, 0.3) is 0 Å². The SMILES string of the molecule is Cc1cnc(N2CCOCC2)c(C(F)(F)F)c1. The molecule has 17 heavy (non-hydrogen) atoms. The summed E-state index contributed by atoms with van der Waals surface area (Å²) in [5, 5.41) is 0. The summed E-state index contributed by atoms with van der Waals surface area (Å²) in [5.74, 6) is 0.00593. The zero-order chi connectivity index (χ0) is 12.5. The van der Waals surface area contributed by atoms with Crippen molar-refractivity contribution in [1.29, 1.82) is 0 Å². The number of pyridine rings is 1. The van der Waals surface area contributed by atoms with Crippen LogP contribution in [-0.4, -0.2) is 31.3 Å². The highest BCUT2D eigenvalue weighted by molar-refractivity contribution is 5.50. The summed E-state index contributed by atoms with van der Waals surface area (Å²) in [5.41, 5.74) is -0.159. The third-order valence-electron chi connectivity index (χ3n) is 2.62. The Morgan fingerprint density at radius 2 is 1.94 bits per heavy atom. The molecule has 0 aromatic carbocycles. The number of nitrogens with zero attached hydrogens (tertiary/aromatic N) is 2. The number of hydrogen-bond donors (Lipinski definition) is 0. The van der Waals surface area contributed by atoms with Gasteiger partial charge in [0, 0.05) is 19.3 Å². The minimum absolute atomic E-state index is 0.00593. The van der Waals surface area contributed by atoms with E-state index in [0.717, 1.165) is 6.07 Å². The van der Waals surface area contributed by atoms with Crippen molar-refractivity contribution >= 4 is 5.82 Å². The lowest BCUT2D eigenvalue weighted by Crippen LogP contribution is -2.38. The van der Waals surface area contributed by atoms with Crippen LogP contribution in [0.1, 0.15) is 11.1 Å². The summed E-state index contributed by atoms with van der Waals surface area (Å²) in [6, 6.07) is 1.14. The zero-order valence-corrected chi connectivity index (χ0v) is 9.42. The van der Waals surface area contributed by atoms with Crippen molar-refractivity contribution in [1.82, 2.24) is 4.98 Å². The third-order valence-corrected chi connectivity index (χ3v) is 2.62. The van der Waals surface area contributed by atoms with E-state index in [1.165, 1.54) is 6.20 Å². The topological polar surface area (TPSA) is 25.4 Å². The van der Waals surface area contributed by atoms with Gasteiger partial charge in [0.05, 0.1) is 18.8 Å². The molecule has 0 saturated carbocycles. The van der Waals surface area contributed by atoms with E-state index < -0.39 is 11.7 Å². The van der Waals surface area contributed by atoms with Crippen LogP contribution in [0.5, 0.6) is 0 Å². The molecule has 0 unspecified atom stereocenters. The lowest BCUT2D eigenvalue weighted by molar-refractivity contribution is -0.137. The minimum atomic E-state index is -4.37. The second-order valence-electron chi connectivity index (χ2n) is 3.98. The number of aryl methyl sites for hydroxylation is 1. The maximum Gasteiger partial charge on any atom is 0.419 e. The molecule has 1 aromatic heterocycles. The zero-order valence-electron chi connectivity index (χ0n) is 9.42. The quantitative estimate of drug-likeness (QED) is 0.760. The van der Waals surface area contributed by atoms with E-state index in [4.69, 9.17) is 4.74 Å². The predicted octanol–water partition coefficient (Wildman–Crippen LogP) is 2.25. The Morgan fingerprint density at radius 3 is 2.53 bits per heavy atom. The van der Waals surface area contributed by atoms with Crippen LogP contribution in [0.15, 0.2) is 12.3 Å². The summed E-state index contributed by atoms with van der Waals surface area (Å²) in [6.07, 6.45) is -2.91. The average molecular weight is 246 g/mol. The summed E-state index contributed by atoms with van der Waals surface area (Å²) in [7, 11) is 0. The van der Waals surface area contributed by atoms with Crippen molar-refractivity contribution in [2.24, 2.45) is 0 Å². The van der Waals surface area contributed by atoms with Gasteiger partial charge in [-0.1, -0.05) is 0 Å². The lowest BCUT2D eigenvalue weighted by atomic mass is 10.1. The number of ether oxygens (including phenoxy) is 1. The molecule has 3 nitrogen and oxygen atoms in total. The Morgan fingerprint density at radius 1 is 1.29 bits per heavy atom. The number of anilines is 1. The highest BCUT2D eigenvalue weighted by Crippen LogP contribution is 2.35. The Bertz CT molecular complexity index is 400. The predicted molar refractivity (Wildman–Crippen MR) is 57.0 cm³/mol. The molecule has 0 aliphatic carbocycles. The third kappa shape index (κ3) is 2.69. The van der Waals surface area contributed by atoms with E-state index in [0.29, 0.717) is 31.9 Å². The summed E-state index contributed by atoms with van der Waals surface area (Å²) in [4.78, 5) is 5.54. The van der Waals surface area contributed by atoms with Gasteiger partial charge >= 0.3 is 6.18 Å². The fourth-order valence-electron chi connectivity index (χ4n) is 1.80. The standard InChI is InChI=1S/C11H13F3N2O/c1-8-6-9(11(12,13)14)10(15-7-8)16-2-4-17-5-3-16/h6-7H,2-5H2,1H3.